The lowest BCUT2D eigenvalue weighted by molar-refractivity contribution is 0.0601. The topological polar surface area (TPSA) is 85.9 Å². The number of hydrogen-bond acceptors (Lipinski definition) is 5. The molecule has 0 unspecified atom stereocenters. The Labute approximate surface area is 107 Å². The first kappa shape index (κ1) is 14.1. The zero-order valence-electron chi connectivity index (χ0n) is 9.70. The van der Waals surface area contributed by atoms with Gasteiger partial charge in [-0.2, -0.15) is 10.5 Å². The fourth-order valence-electron chi connectivity index (χ4n) is 1.18. The number of nitrogens with zero attached hydrogens (tertiary/aromatic N) is 2. The van der Waals surface area contributed by atoms with Gasteiger partial charge in [-0.25, -0.2) is 13.6 Å². The van der Waals surface area contributed by atoms with E-state index in [1.807, 2.05) is 0 Å². The first-order chi connectivity index (χ1) is 9.03. The van der Waals surface area contributed by atoms with Gasteiger partial charge in [-0.1, -0.05) is 0 Å². The summed E-state index contributed by atoms with van der Waals surface area (Å²) in [7, 11) is 1.08. The molecule has 0 atom stereocenters. The van der Waals surface area contributed by atoms with Gasteiger partial charge in [-0.3, -0.25) is 0 Å². The Kier molecular flexibility index (Phi) is 4.56. The van der Waals surface area contributed by atoms with Gasteiger partial charge in [0.15, 0.2) is 11.6 Å². The van der Waals surface area contributed by atoms with E-state index in [0.29, 0.717) is 6.07 Å². The zero-order valence-corrected chi connectivity index (χ0v) is 9.70. The highest BCUT2D eigenvalue weighted by molar-refractivity contribution is 5.95. The number of nitrogens with one attached hydrogen (secondary N) is 1. The van der Waals surface area contributed by atoms with Gasteiger partial charge < -0.3 is 10.1 Å². The van der Waals surface area contributed by atoms with Crippen LogP contribution in [-0.4, -0.2) is 13.1 Å². The van der Waals surface area contributed by atoms with Crippen molar-refractivity contribution in [2.45, 2.75) is 0 Å². The molecule has 7 heteroatoms. The number of halogens is 2. The number of nitriles is 2. The molecule has 1 aromatic rings. The Balaban J connectivity index is 3.23. The molecule has 0 saturated heterocycles. The van der Waals surface area contributed by atoms with Crippen molar-refractivity contribution >= 4 is 11.7 Å². The van der Waals surface area contributed by atoms with Crippen LogP contribution in [0.15, 0.2) is 23.9 Å². The summed E-state index contributed by atoms with van der Waals surface area (Å²) in [6.45, 7) is 0. The molecule has 1 N–H and O–H groups in total. The minimum atomic E-state index is -1.21. The molecule has 0 spiro atoms. The largest absolute Gasteiger partial charge is 0.465 e. The molecule has 0 aliphatic carbocycles. The summed E-state index contributed by atoms with van der Waals surface area (Å²) < 4.78 is 30.6. The second-order valence-corrected chi connectivity index (χ2v) is 3.23. The number of allylic oxidation sites excluding steroid dienone is 1. The number of methoxy groups -OCH3 is 1. The van der Waals surface area contributed by atoms with Gasteiger partial charge in [0.25, 0.3) is 0 Å². The molecule has 0 heterocycles. The maximum atomic E-state index is 13.1. The van der Waals surface area contributed by atoms with Crippen LogP contribution in [0.2, 0.25) is 0 Å². The fraction of sp³-hybridized carbons (Fsp3) is 0.0833. The van der Waals surface area contributed by atoms with Crippen molar-refractivity contribution in [3.63, 3.8) is 0 Å². The van der Waals surface area contributed by atoms with E-state index in [9.17, 15) is 13.6 Å². The summed E-state index contributed by atoms with van der Waals surface area (Å²) in [6.07, 6.45) is 0.971. The van der Waals surface area contributed by atoms with Crippen LogP contribution in [0.3, 0.4) is 0 Å². The molecule has 1 rings (SSSR count). The van der Waals surface area contributed by atoms with Gasteiger partial charge in [0.05, 0.1) is 18.4 Å². The minimum Gasteiger partial charge on any atom is -0.465 e. The molecule has 19 heavy (non-hydrogen) atoms. The summed E-state index contributed by atoms with van der Waals surface area (Å²) in [6, 6.07) is 4.52. The van der Waals surface area contributed by atoms with Gasteiger partial charge in [0.1, 0.15) is 17.7 Å². The monoisotopic (exact) mass is 263 g/mol. The van der Waals surface area contributed by atoms with Gasteiger partial charge in [-0.05, 0) is 6.07 Å². The molecular weight excluding hydrogens is 256 g/mol. The van der Waals surface area contributed by atoms with E-state index in [-0.39, 0.29) is 16.8 Å². The molecule has 96 valence electrons. The third-order valence-electron chi connectivity index (χ3n) is 2.08. The number of carbonyl (C=O) groups excluding carboxylic acids is 1. The average molecular weight is 263 g/mol. The highest BCUT2D eigenvalue weighted by Crippen LogP contribution is 2.21. The highest BCUT2D eigenvalue weighted by Gasteiger charge is 2.16. The smallest absolute Gasteiger partial charge is 0.340 e. The molecule has 0 aliphatic rings. The van der Waals surface area contributed by atoms with Gasteiger partial charge >= 0.3 is 5.97 Å². The average Bonchev–Trinajstić information content (AvgIpc) is 2.42. The van der Waals surface area contributed by atoms with Crippen molar-refractivity contribution in [1.82, 2.24) is 0 Å². The molecule has 0 radical (unpaired) electrons. The Bertz CT molecular complexity index is 611. The first-order valence-electron chi connectivity index (χ1n) is 4.87. The Morgan fingerprint density at radius 1 is 1.32 bits per heavy atom. The third-order valence-corrected chi connectivity index (χ3v) is 2.08. The summed E-state index contributed by atoms with van der Waals surface area (Å²) in [4.78, 5) is 11.4. The molecule has 1 aromatic carbocycles. The molecular formula is C12H7F2N3O2. The SMILES string of the molecule is COC(=O)c1cc(F)c(F)cc1NC=C(C#N)C#N. The maximum absolute atomic E-state index is 13.1. The predicted octanol–water partition coefficient (Wildman–Crippen LogP) is 2.09. The van der Waals surface area contributed by atoms with E-state index >= 15 is 0 Å². The zero-order chi connectivity index (χ0) is 14.4. The Morgan fingerprint density at radius 3 is 2.42 bits per heavy atom. The van der Waals surface area contributed by atoms with E-state index in [2.05, 4.69) is 10.1 Å². The fourth-order valence-corrected chi connectivity index (χ4v) is 1.18. The van der Waals surface area contributed by atoms with E-state index in [1.54, 1.807) is 12.1 Å². The highest BCUT2D eigenvalue weighted by atomic mass is 19.2. The van der Waals surface area contributed by atoms with Crippen molar-refractivity contribution in [3.05, 3.63) is 41.1 Å². The number of benzene rings is 1. The van der Waals surface area contributed by atoms with Crippen molar-refractivity contribution < 1.29 is 18.3 Å². The van der Waals surface area contributed by atoms with E-state index < -0.39 is 17.6 Å². The van der Waals surface area contributed by atoms with Gasteiger partial charge in [0.2, 0.25) is 0 Å². The van der Waals surface area contributed by atoms with E-state index in [4.69, 9.17) is 10.5 Å². The number of ether oxygens (including phenoxy) is 1. The number of carbonyl (C=O) groups is 1. The lowest BCUT2D eigenvalue weighted by Crippen LogP contribution is -2.07. The number of esters is 1. The first-order valence-corrected chi connectivity index (χ1v) is 4.87. The third kappa shape index (κ3) is 3.27. The predicted molar refractivity (Wildman–Crippen MR) is 60.6 cm³/mol. The lowest BCUT2D eigenvalue weighted by atomic mass is 10.1. The van der Waals surface area contributed by atoms with Crippen molar-refractivity contribution in [3.8, 4) is 12.1 Å². The van der Waals surface area contributed by atoms with Crippen LogP contribution in [0.1, 0.15) is 10.4 Å². The summed E-state index contributed by atoms with van der Waals surface area (Å²) in [5.74, 6) is -3.28. The second-order valence-electron chi connectivity index (χ2n) is 3.23. The molecule has 5 nitrogen and oxygen atoms in total. The van der Waals surface area contributed by atoms with Crippen LogP contribution in [0.5, 0.6) is 0 Å². The maximum Gasteiger partial charge on any atom is 0.340 e. The summed E-state index contributed by atoms with van der Waals surface area (Å²) >= 11 is 0. The molecule has 0 bridgehead atoms. The molecule has 0 aromatic heterocycles. The van der Waals surface area contributed by atoms with Crippen molar-refractivity contribution in [2.24, 2.45) is 0 Å². The van der Waals surface area contributed by atoms with Gasteiger partial charge in [0, 0.05) is 12.3 Å². The molecule has 0 fully saturated rings. The minimum absolute atomic E-state index is 0.117. The van der Waals surface area contributed by atoms with Crippen LogP contribution in [0, 0.1) is 34.3 Å². The van der Waals surface area contributed by atoms with Crippen LogP contribution in [-0.2, 0) is 4.74 Å². The van der Waals surface area contributed by atoms with E-state index in [0.717, 1.165) is 19.4 Å². The Morgan fingerprint density at radius 2 is 1.89 bits per heavy atom. The lowest BCUT2D eigenvalue weighted by Gasteiger charge is -2.08. The number of hydrogen-bond donors (Lipinski definition) is 1. The van der Waals surface area contributed by atoms with Crippen molar-refractivity contribution in [2.75, 3.05) is 12.4 Å². The molecule has 0 aliphatic heterocycles. The van der Waals surface area contributed by atoms with Gasteiger partial charge in [-0.15, -0.1) is 0 Å². The van der Waals surface area contributed by atoms with Crippen LogP contribution < -0.4 is 5.32 Å². The standard InChI is InChI=1S/C12H7F2N3O2/c1-19-12(18)8-2-9(13)10(14)3-11(8)17-6-7(4-15)5-16/h2-3,6,17H,1H3. The molecule has 0 saturated carbocycles. The quantitative estimate of drug-likeness (QED) is 0.666. The Hall–Kier alpha value is -2.93. The number of anilines is 1. The van der Waals surface area contributed by atoms with Crippen molar-refractivity contribution in [1.29, 1.82) is 10.5 Å². The summed E-state index contributed by atoms with van der Waals surface area (Å²) in [5, 5.41) is 19.4. The normalized spacial score (nSPS) is 8.89. The van der Waals surface area contributed by atoms with E-state index in [1.165, 1.54) is 0 Å². The number of rotatable bonds is 3. The second kappa shape index (κ2) is 6.12. The molecule has 0 amide bonds. The van der Waals surface area contributed by atoms with Crippen LogP contribution >= 0.6 is 0 Å². The van der Waals surface area contributed by atoms with Crippen LogP contribution in [0.25, 0.3) is 0 Å². The van der Waals surface area contributed by atoms with Crippen LogP contribution in [0.4, 0.5) is 14.5 Å². The summed E-state index contributed by atoms with van der Waals surface area (Å²) in [5.41, 5.74) is -0.665.